The van der Waals surface area contributed by atoms with Gasteiger partial charge in [0, 0.05) is 6.20 Å². The molecule has 4 nitrogen and oxygen atoms in total. The molecule has 0 bridgehead atoms. The third-order valence-corrected chi connectivity index (χ3v) is 2.40. The first-order chi connectivity index (χ1) is 8.99. The number of hydrogen-bond acceptors (Lipinski definition) is 4. The number of aromatic nitrogens is 2. The molecular formula is C11H7F3N4S. The number of nitrogens with two attached hydrogens (primary N) is 1. The van der Waals surface area contributed by atoms with Crippen LogP contribution in [0.4, 0.5) is 24.8 Å². The van der Waals surface area contributed by atoms with Crippen molar-refractivity contribution in [2.45, 2.75) is 0 Å². The number of halogens is 3. The van der Waals surface area contributed by atoms with Gasteiger partial charge >= 0.3 is 0 Å². The van der Waals surface area contributed by atoms with Gasteiger partial charge in [0.05, 0.1) is 5.69 Å². The Hall–Kier alpha value is -2.22. The van der Waals surface area contributed by atoms with Gasteiger partial charge < -0.3 is 11.1 Å². The van der Waals surface area contributed by atoms with Gasteiger partial charge in [-0.25, -0.2) is 23.1 Å². The zero-order chi connectivity index (χ0) is 14.0. The number of rotatable bonds is 3. The van der Waals surface area contributed by atoms with Crippen LogP contribution in [0, 0.1) is 17.5 Å². The number of hydrogen-bond donors (Lipinski definition) is 2. The van der Waals surface area contributed by atoms with Crippen molar-refractivity contribution in [3.8, 4) is 0 Å². The van der Waals surface area contributed by atoms with Crippen LogP contribution < -0.4 is 11.1 Å². The molecule has 2 aromatic rings. The fourth-order valence-electron chi connectivity index (χ4n) is 1.30. The van der Waals surface area contributed by atoms with Gasteiger partial charge in [0.2, 0.25) is 5.95 Å². The molecule has 0 radical (unpaired) electrons. The van der Waals surface area contributed by atoms with E-state index >= 15 is 0 Å². The van der Waals surface area contributed by atoms with Crippen molar-refractivity contribution in [2.75, 3.05) is 5.32 Å². The Bertz CT molecular complexity index is 648. The molecule has 3 N–H and O–H groups in total. The molecule has 19 heavy (non-hydrogen) atoms. The largest absolute Gasteiger partial charge is 0.388 e. The number of thiocarbonyl (C=S) groups is 1. The molecule has 1 aromatic carbocycles. The van der Waals surface area contributed by atoms with Crippen LogP contribution in [0.1, 0.15) is 5.69 Å². The van der Waals surface area contributed by atoms with Gasteiger partial charge in [-0.15, -0.1) is 0 Å². The molecule has 0 saturated carbocycles. The van der Waals surface area contributed by atoms with E-state index in [-0.39, 0.29) is 22.3 Å². The van der Waals surface area contributed by atoms with Crippen LogP contribution in [0.25, 0.3) is 0 Å². The van der Waals surface area contributed by atoms with E-state index in [9.17, 15) is 13.2 Å². The Morgan fingerprint density at radius 3 is 2.58 bits per heavy atom. The highest BCUT2D eigenvalue weighted by Crippen LogP contribution is 2.21. The zero-order valence-corrected chi connectivity index (χ0v) is 10.1. The van der Waals surface area contributed by atoms with E-state index in [0.717, 1.165) is 12.1 Å². The minimum Gasteiger partial charge on any atom is -0.388 e. The van der Waals surface area contributed by atoms with Crippen molar-refractivity contribution in [1.82, 2.24) is 9.97 Å². The third kappa shape index (κ3) is 2.79. The molecular weight excluding hydrogens is 277 g/mol. The number of benzene rings is 1. The molecule has 0 atom stereocenters. The van der Waals surface area contributed by atoms with Crippen LogP contribution in [0.2, 0.25) is 0 Å². The van der Waals surface area contributed by atoms with Crippen molar-refractivity contribution in [2.24, 2.45) is 5.73 Å². The third-order valence-electron chi connectivity index (χ3n) is 2.19. The van der Waals surface area contributed by atoms with Crippen molar-refractivity contribution >= 4 is 28.8 Å². The van der Waals surface area contributed by atoms with Crippen LogP contribution >= 0.6 is 12.2 Å². The van der Waals surface area contributed by atoms with Crippen LogP contribution in [-0.2, 0) is 0 Å². The lowest BCUT2D eigenvalue weighted by Crippen LogP contribution is -2.13. The summed E-state index contributed by atoms with van der Waals surface area (Å²) in [5.41, 5.74) is 5.36. The van der Waals surface area contributed by atoms with Crippen molar-refractivity contribution in [3.05, 3.63) is 47.5 Å². The molecule has 0 fully saturated rings. The van der Waals surface area contributed by atoms with Crippen molar-refractivity contribution < 1.29 is 13.2 Å². The molecule has 1 aromatic heterocycles. The van der Waals surface area contributed by atoms with Gasteiger partial charge in [0.25, 0.3) is 0 Å². The average molecular weight is 284 g/mol. The fourth-order valence-corrected chi connectivity index (χ4v) is 1.41. The first-order valence-corrected chi connectivity index (χ1v) is 5.43. The lowest BCUT2D eigenvalue weighted by molar-refractivity contribution is 0.449. The maximum Gasteiger partial charge on any atom is 0.227 e. The molecule has 0 unspecified atom stereocenters. The van der Waals surface area contributed by atoms with E-state index in [1.54, 1.807) is 0 Å². The van der Waals surface area contributed by atoms with Gasteiger partial charge in [0.1, 0.15) is 10.7 Å². The standard InChI is InChI=1S/C11H7F3N4S/c12-5-1-2-6(9(14)8(5)13)17-11-16-4-3-7(18-11)10(15)19/h1-4H,(H2,15,19)(H,16,17,18). The van der Waals surface area contributed by atoms with Gasteiger partial charge in [-0.1, -0.05) is 12.2 Å². The first kappa shape index (κ1) is 13.2. The van der Waals surface area contributed by atoms with E-state index in [4.69, 9.17) is 18.0 Å². The van der Waals surface area contributed by atoms with E-state index in [2.05, 4.69) is 15.3 Å². The average Bonchev–Trinajstić information content (AvgIpc) is 2.40. The second-order valence-corrected chi connectivity index (χ2v) is 3.92. The highest BCUT2D eigenvalue weighted by molar-refractivity contribution is 7.80. The Kier molecular flexibility index (Phi) is 3.61. The summed E-state index contributed by atoms with van der Waals surface area (Å²) >= 11 is 4.73. The van der Waals surface area contributed by atoms with Gasteiger partial charge in [0.15, 0.2) is 17.5 Å². The Balaban J connectivity index is 2.34. The normalized spacial score (nSPS) is 10.3. The van der Waals surface area contributed by atoms with Crippen LogP contribution in [0.3, 0.4) is 0 Å². The first-order valence-electron chi connectivity index (χ1n) is 5.02. The molecule has 0 aliphatic heterocycles. The Labute approximate surface area is 111 Å². The quantitative estimate of drug-likeness (QED) is 0.668. The van der Waals surface area contributed by atoms with Gasteiger partial charge in [-0.05, 0) is 18.2 Å². The Morgan fingerprint density at radius 2 is 1.89 bits per heavy atom. The number of nitrogens with one attached hydrogen (secondary N) is 1. The van der Waals surface area contributed by atoms with Gasteiger partial charge in [-0.3, -0.25) is 0 Å². The minimum absolute atomic E-state index is 0.0322. The summed E-state index contributed by atoms with van der Waals surface area (Å²) in [7, 11) is 0. The summed E-state index contributed by atoms with van der Waals surface area (Å²) in [5, 5.41) is 2.42. The predicted molar refractivity (Wildman–Crippen MR) is 67.5 cm³/mol. The van der Waals surface area contributed by atoms with Crippen LogP contribution in [-0.4, -0.2) is 15.0 Å². The summed E-state index contributed by atoms with van der Waals surface area (Å²) in [6, 6.07) is 3.29. The fraction of sp³-hybridized carbons (Fsp3) is 0. The van der Waals surface area contributed by atoms with Gasteiger partial charge in [-0.2, -0.15) is 0 Å². The summed E-state index contributed by atoms with van der Waals surface area (Å²) in [6.45, 7) is 0. The van der Waals surface area contributed by atoms with E-state index in [1.165, 1.54) is 12.3 Å². The second-order valence-electron chi connectivity index (χ2n) is 3.48. The molecule has 0 amide bonds. The molecule has 0 saturated heterocycles. The molecule has 0 spiro atoms. The molecule has 0 aliphatic rings. The van der Waals surface area contributed by atoms with E-state index in [0.29, 0.717) is 0 Å². The SMILES string of the molecule is NC(=S)c1ccnc(Nc2ccc(F)c(F)c2F)n1. The summed E-state index contributed by atoms with van der Waals surface area (Å²) < 4.78 is 39.2. The summed E-state index contributed by atoms with van der Waals surface area (Å²) in [4.78, 5) is 7.72. The predicted octanol–water partition coefficient (Wildman–Crippen LogP) is 2.27. The maximum absolute atomic E-state index is 13.4. The smallest absolute Gasteiger partial charge is 0.227 e. The second kappa shape index (κ2) is 5.19. The lowest BCUT2D eigenvalue weighted by Gasteiger charge is -2.07. The van der Waals surface area contributed by atoms with Crippen LogP contribution in [0.5, 0.6) is 0 Å². The summed E-state index contributed by atoms with van der Waals surface area (Å²) in [6.07, 6.45) is 1.35. The highest BCUT2D eigenvalue weighted by Gasteiger charge is 2.14. The molecule has 2 rings (SSSR count). The molecule has 1 heterocycles. The Morgan fingerprint density at radius 1 is 1.16 bits per heavy atom. The number of anilines is 2. The van der Waals surface area contributed by atoms with E-state index < -0.39 is 17.5 Å². The van der Waals surface area contributed by atoms with Crippen LogP contribution in [0.15, 0.2) is 24.4 Å². The van der Waals surface area contributed by atoms with Crippen molar-refractivity contribution in [1.29, 1.82) is 0 Å². The number of nitrogens with zero attached hydrogens (tertiary/aromatic N) is 2. The molecule has 8 heteroatoms. The maximum atomic E-state index is 13.4. The van der Waals surface area contributed by atoms with E-state index in [1.807, 2.05) is 0 Å². The topological polar surface area (TPSA) is 63.8 Å². The molecule has 98 valence electrons. The lowest BCUT2D eigenvalue weighted by atomic mass is 10.3. The van der Waals surface area contributed by atoms with Crippen molar-refractivity contribution in [3.63, 3.8) is 0 Å². The minimum atomic E-state index is -1.57. The summed E-state index contributed by atoms with van der Waals surface area (Å²) in [5.74, 6) is -4.24. The molecule has 0 aliphatic carbocycles. The highest BCUT2D eigenvalue weighted by atomic mass is 32.1. The monoisotopic (exact) mass is 284 g/mol. The zero-order valence-electron chi connectivity index (χ0n) is 9.32.